The van der Waals surface area contributed by atoms with Gasteiger partial charge in [0.1, 0.15) is 23.0 Å². The molecule has 3 aromatic heterocycles. The molecule has 42 heavy (non-hydrogen) atoms. The number of carbonyl (C=O) groups is 1. The predicted octanol–water partition coefficient (Wildman–Crippen LogP) is 5.66. The molecule has 5 rings (SSSR count). The van der Waals surface area contributed by atoms with E-state index in [2.05, 4.69) is 28.7 Å². The molecule has 2 aliphatic rings. The molecular formula is C33H38FN5O3. The van der Waals surface area contributed by atoms with Gasteiger partial charge in [0.05, 0.1) is 6.61 Å². The summed E-state index contributed by atoms with van der Waals surface area (Å²) in [6, 6.07) is 5.48. The van der Waals surface area contributed by atoms with Gasteiger partial charge in [0.15, 0.2) is 0 Å². The van der Waals surface area contributed by atoms with Crippen molar-refractivity contribution in [3.05, 3.63) is 98.8 Å². The average molecular weight is 572 g/mol. The second-order valence-electron chi connectivity index (χ2n) is 12.3. The van der Waals surface area contributed by atoms with Gasteiger partial charge >= 0.3 is 0 Å². The van der Waals surface area contributed by atoms with Crippen LogP contribution in [0, 0.1) is 5.41 Å². The Balaban J connectivity index is 1.48. The normalized spacial score (nSPS) is 16.4. The highest BCUT2D eigenvalue weighted by Gasteiger charge is 2.37. The first-order valence-corrected chi connectivity index (χ1v) is 14.2. The van der Waals surface area contributed by atoms with Crippen LogP contribution in [0.1, 0.15) is 61.9 Å². The minimum absolute atomic E-state index is 0.134. The highest BCUT2D eigenvalue weighted by molar-refractivity contribution is 6.06. The molecule has 4 heterocycles. The van der Waals surface area contributed by atoms with E-state index in [4.69, 9.17) is 0 Å². The topological polar surface area (TPSA) is 92.4 Å². The lowest BCUT2D eigenvalue weighted by Crippen LogP contribution is -2.41. The van der Waals surface area contributed by atoms with Gasteiger partial charge in [0, 0.05) is 55.0 Å². The molecule has 3 aromatic rings. The van der Waals surface area contributed by atoms with Crippen LogP contribution in [-0.4, -0.2) is 31.7 Å². The molecule has 1 aliphatic carbocycles. The first-order chi connectivity index (χ1) is 19.9. The number of nitrogens with zero attached hydrogens (tertiary/aromatic N) is 4. The fraction of sp³-hybridized carbons (Fsp3) is 0.364. The SMILES string of the molecule is CC(C)=C/C(F)=C\C=C(/C)Nc1cc(-c2ccnc(N3CCn4c(cc5c4CC(C)(C)C5)C3=O)c2CO)cn(C)c1=O. The zero-order valence-corrected chi connectivity index (χ0v) is 25.1. The van der Waals surface area contributed by atoms with Crippen LogP contribution in [0.2, 0.25) is 0 Å². The van der Waals surface area contributed by atoms with Gasteiger partial charge in [0.2, 0.25) is 0 Å². The van der Waals surface area contributed by atoms with Crippen molar-refractivity contribution in [1.82, 2.24) is 14.1 Å². The molecule has 0 aromatic carbocycles. The number of hydrogen-bond donors (Lipinski definition) is 2. The van der Waals surface area contributed by atoms with Crippen LogP contribution >= 0.6 is 0 Å². The second-order valence-corrected chi connectivity index (χ2v) is 12.3. The molecule has 1 amide bonds. The molecule has 220 valence electrons. The number of allylic oxidation sites excluding steroid dienone is 6. The number of halogens is 1. The average Bonchev–Trinajstić information content (AvgIpc) is 3.41. The lowest BCUT2D eigenvalue weighted by atomic mass is 9.90. The third-order valence-corrected chi connectivity index (χ3v) is 7.82. The number of aliphatic hydroxyl groups is 1. The Kier molecular flexibility index (Phi) is 7.81. The quantitative estimate of drug-likeness (QED) is 0.357. The number of nitrogens with one attached hydrogen (secondary N) is 1. The molecule has 0 fully saturated rings. The summed E-state index contributed by atoms with van der Waals surface area (Å²) in [5.41, 5.74) is 6.63. The van der Waals surface area contributed by atoms with Crippen LogP contribution in [0.4, 0.5) is 15.9 Å². The second kappa shape index (κ2) is 11.2. The maximum absolute atomic E-state index is 14.0. The number of amides is 1. The Bertz CT molecular complexity index is 1720. The number of carbonyl (C=O) groups excluding carboxylic acids is 1. The largest absolute Gasteiger partial charge is 0.392 e. The van der Waals surface area contributed by atoms with Gasteiger partial charge in [-0.3, -0.25) is 14.5 Å². The van der Waals surface area contributed by atoms with Gasteiger partial charge in [-0.1, -0.05) is 19.4 Å². The van der Waals surface area contributed by atoms with E-state index in [1.807, 2.05) is 19.9 Å². The van der Waals surface area contributed by atoms with Crippen molar-refractivity contribution < 1.29 is 14.3 Å². The lowest BCUT2D eigenvalue weighted by Gasteiger charge is -2.31. The minimum atomic E-state index is -0.386. The zero-order valence-electron chi connectivity index (χ0n) is 25.1. The lowest BCUT2D eigenvalue weighted by molar-refractivity contribution is 0.0962. The summed E-state index contributed by atoms with van der Waals surface area (Å²) in [7, 11) is 1.65. The van der Waals surface area contributed by atoms with Crippen molar-refractivity contribution in [2.24, 2.45) is 12.5 Å². The maximum atomic E-state index is 14.0. The van der Waals surface area contributed by atoms with Gasteiger partial charge in [-0.25, -0.2) is 9.37 Å². The van der Waals surface area contributed by atoms with Crippen molar-refractivity contribution in [3.63, 3.8) is 0 Å². The molecule has 9 heteroatoms. The molecule has 8 nitrogen and oxygen atoms in total. The summed E-state index contributed by atoms with van der Waals surface area (Å²) in [6.07, 6.45) is 9.54. The van der Waals surface area contributed by atoms with Crippen molar-refractivity contribution in [1.29, 1.82) is 0 Å². The molecule has 0 atom stereocenters. The van der Waals surface area contributed by atoms with E-state index in [0.717, 1.165) is 18.4 Å². The van der Waals surface area contributed by atoms with Gasteiger partial charge in [-0.15, -0.1) is 0 Å². The monoisotopic (exact) mass is 571 g/mol. The van der Waals surface area contributed by atoms with E-state index < -0.39 is 0 Å². The third-order valence-electron chi connectivity index (χ3n) is 7.82. The third kappa shape index (κ3) is 5.61. The molecule has 1 aliphatic heterocycles. The highest BCUT2D eigenvalue weighted by atomic mass is 19.1. The van der Waals surface area contributed by atoms with Gasteiger partial charge < -0.3 is 19.6 Å². The number of aryl methyl sites for hydroxylation is 1. The Morgan fingerprint density at radius 3 is 2.62 bits per heavy atom. The Morgan fingerprint density at radius 2 is 1.90 bits per heavy atom. The number of anilines is 2. The first-order valence-electron chi connectivity index (χ1n) is 14.2. The zero-order chi connectivity index (χ0) is 30.3. The molecule has 0 saturated heterocycles. The van der Waals surface area contributed by atoms with E-state index in [9.17, 15) is 19.1 Å². The summed E-state index contributed by atoms with van der Waals surface area (Å²) in [5, 5.41) is 13.6. The van der Waals surface area contributed by atoms with Crippen LogP contribution in [0.5, 0.6) is 0 Å². The minimum Gasteiger partial charge on any atom is -0.392 e. The van der Waals surface area contributed by atoms with E-state index in [1.165, 1.54) is 28.0 Å². The summed E-state index contributed by atoms with van der Waals surface area (Å²) in [6.45, 7) is 10.6. The number of fused-ring (bicyclic) bond motifs is 3. The number of rotatable bonds is 7. The summed E-state index contributed by atoms with van der Waals surface area (Å²) < 4.78 is 17.6. The van der Waals surface area contributed by atoms with E-state index in [1.54, 1.807) is 49.5 Å². The van der Waals surface area contributed by atoms with Gasteiger partial charge in [-0.05, 0) is 86.6 Å². The van der Waals surface area contributed by atoms with Crippen molar-refractivity contribution >= 4 is 17.4 Å². The van der Waals surface area contributed by atoms with Crippen LogP contribution in [0.15, 0.2) is 70.7 Å². The van der Waals surface area contributed by atoms with E-state index in [-0.39, 0.29) is 29.3 Å². The van der Waals surface area contributed by atoms with Gasteiger partial charge in [-0.2, -0.15) is 0 Å². The van der Waals surface area contributed by atoms with Crippen LogP contribution in [0.25, 0.3) is 11.1 Å². The molecule has 0 bridgehead atoms. The summed E-state index contributed by atoms with van der Waals surface area (Å²) in [4.78, 5) is 32.9. The molecule has 0 radical (unpaired) electrons. The molecule has 0 saturated carbocycles. The number of aromatic nitrogens is 3. The van der Waals surface area contributed by atoms with Crippen LogP contribution in [0.3, 0.4) is 0 Å². The Hall–Kier alpha value is -4.24. The van der Waals surface area contributed by atoms with Gasteiger partial charge in [0.25, 0.3) is 11.5 Å². The standard InChI is InChI=1S/C33H38FN5O3/c1-20(2)13-24(34)8-7-21(3)36-27-14-23(18-37(6)31(27)41)25-9-10-35-30(26(25)19-40)39-12-11-38-28(32(39)42)15-22-16-33(4,5)17-29(22)38/h7-10,13-15,18,36,40H,11-12,16-17,19H2,1-6H3/b21-7+,24-8+. The maximum Gasteiger partial charge on any atom is 0.276 e. The number of hydrogen-bond acceptors (Lipinski definition) is 5. The highest BCUT2D eigenvalue weighted by Crippen LogP contribution is 2.40. The Labute approximate surface area is 245 Å². The van der Waals surface area contributed by atoms with Crippen molar-refractivity contribution in [3.8, 4) is 11.1 Å². The predicted molar refractivity (Wildman–Crippen MR) is 164 cm³/mol. The first kappa shape index (κ1) is 29.3. The smallest absolute Gasteiger partial charge is 0.276 e. The molecule has 0 spiro atoms. The van der Waals surface area contributed by atoms with E-state index >= 15 is 0 Å². The van der Waals surface area contributed by atoms with Crippen molar-refractivity contribution in [2.45, 2.75) is 60.6 Å². The van der Waals surface area contributed by atoms with E-state index in [0.29, 0.717) is 52.7 Å². The fourth-order valence-corrected chi connectivity index (χ4v) is 5.98. The van der Waals surface area contributed by atoms with Crippen molar-refractivity contribution in [2.75, 3.05) is 16.8 Å². The summed E-state index contributed by atoms with van der Waals surface area (Å²) in [5.74, 6) is -0.111. The molecule has 2 N–H and O–H groups in total. The molecular weight excluding hydrogens is 533 g/mol. The van der Waals surface area contributed by atoms with Crippen LogP contribution < -0.4 is 15.8 Å². The number of pyridine rings is 2. The Morgan fingerprint density at radius 1 is 1.14 bits per heavy atom. The molecule has 0 unspecified atom stereocenters. The summed E-state index contributed by atoms with van der Waals surface area (Å²) >= 11 is 0. The number of aliphatic hydroxyl groups excluding tert-OH is 1. The fourth-order valence-electron chi connectivity index (χ4n) is 5.98. The van der Waals surface area contributed by atoms with Crippen LogP contribution in [-0.2, 0) is 33.0 Å².